The van der Waals surface area contributed by atoms with E-state index in [-0.39, 0.29) is 12.5 Å². The van der Waals surface area contributed by atoms with E-state index in [4.69, 9.17) is 14.6 Å². The standard InChI is InChI=1S/C20H33NO4/c1-3-5-7-14-24-18-11-10-17(20(23)21-12-9-13-22)16-19(18)25-15-8-6-4-2/h10-11,16,22H,3-9,12-15H2,1-2H3,(H,21,23). The zero-order valence-electron chi connectivity index (χ0n) is 15.7. The molecule has 0 aliphatic rings. The van der Waals surface area contributed by atoms with Gasteiger partial charge in [0.05, 0.1) is 13.2 Å². The van der Waals surface area contributed by atoms with Crippen LogP contribution >= 0.6 is 0 Å². The average molecular weight is 351 g/mol. The van der Waals surface area contributed by atoms with Crippen LogP contribution in [0.3, 0.4) is 0 Å². The van der Waals surface area contributed by atoms with Crippen LogP contribution < -0.4 is 14.8 Å². The zero-order valence-corrected chi connectivity index (χ0v) is 15.7. The monoisotopic (exact) mass is 351 g/mol. The summed E-state index contributed by atoms with van der Waals surface area (Å²) < 4.78 is 11.7. The van der Waals surface area contributed by atoms with E-state index in [0.717, 1.165) is 38.5 Å². The van der Waals surface area contributed by atoms with Gasteiger partial charge in [0, 0.05) is 18.7 Å². The van der Waals surface area contributed by atoms with Crippen molar-refractivity contribution >= 4 is 5.91 Å². The molecule has 0 radical (unpaired) electrons. The summed E-state index contributed by atoms with van der Waals surface area (Å²) in [5.41, 5.74) is 0.546. The van der Waals surface area contributed by atoms with Crippen LogP contribution in [0.25, 0.3) is 0 Å². The maximum atomic E-state index is 12.2. The van der Waals surface area contributed by atoms with Gasteiger partial charge in [0.2, 0.25) is 0 Å². The molecule has 2 N–H and O–H groups in total. The van der Waals surface area contributed by atoms with E-state index in [1.807, 2.05) is 6.07 Å². The predicted molar refractivity (Wildman–Crippen MR) is 101 cm³/mol. The number of rotatable bonds is 14. The SMILES string of the molecule is CCCCCOc1ccc(C(=O)NCCCO)cc1OCCCCC. The molecule has 1 rings (SSSR count). The Balaban J connectivity index is 2.71. The summed E-state index contributed by atoms with van der Waals surface area (Å²) in [6.07, 6.45) is 7.08. The fourth-order valence-electron chi connectivity index (χ4n) is 2.33. The normalized spacial score (nSPS) is 10.5. The number of hydrogen-bond acceptors (Lipinski definition) is 4. The highest BCUT2D eigenvalue weighted by atomic mass is 16.5. The Morgan fingerprint density at radius 2 is 1.60 bits per heavy atom. The Morgan fingerprint density at radius 1 is 0.960 bits per heavy atom. The number of unbranched alkanes of at least 4 members (excludes halogenated alkanes) is 4. The van der Waals surface area contributed by atoms with Gasteiger partial charge in [-0.05, 0) is 37.5 Å². The first-order valence-electron chi connectivity index (χ1n) is 9.51. The molecule has 0 spiro atoms. The molecule has 0 fully saturated rings. The third kappa shape index (κ3) is 8.77. The molecule has 5 nitrogen and oxygen atoms in total. The molecule has 0 saturated heterocycles. The maximum absolute atomic E-state index is 12.2. The molecule has 0 atom stereocenters. The third-order valence-electron chi connectivity index (χ3n) is 3.84. The number of nitrogens with one attached hydrogen (secondary N) is 1. The predicted octanol–water partition coefficient (Wildman–Crippen LogP) is 3.94. The smallest absolute Gasteiger partial charge is 0.251 e. The lowest BCUT2D eigenvalue weighted by Crippen LogP contribution is -2.25. The van der Waals surface area contributed by atoms with E-state index < -0.39 is 0 Å². The molecular formula is C20H33NO4. The summed E-state index contributed by atoms with van der Waals surface area (Å²) in [6, 6.07) is 5.31. The van der Waals surface area contributed by atoms with Crippen molar-refractivity contribution in [2.75, 3.05) is 26.4 Å². The first kappa shape index (κ1) is 21.3. The molecule has 5 heteroatoms. The largest absolute Gasteiger partial charge is 0.490 e. The first-order chi connectivity index (χ1) is 12.2. The minimum atomic E-state index is -0.163. The Kier molecular flexibility index (Phi) is 11.5. The van der Waals surface area contributed by atoms with Crippen molar-refractivity contribution in [2.24, 2.45) is 0 Å². The van der Waals surface area contributed by atoms with Crippen LogP contribution in [0.5, 0.6) is 11.5 Å². The Bertz CT molecular complexity index is 491. The molecule has 25 heavy (non-hydrogen) atoms. The summed E-state index contributed by atoms with van der Waals surface area (Å²) in [7, 11) is 0. The van der Waals surface area contributed by atoms with E-state index in [9.17, 15) is 4.79 Å². The molecule has 0 heterocycles. The van der Waals surface area contributed by atoms with Gasteiger partial charge in [0.1, 0.15) is 0 Å². The highest BCUT2D eigenvalue weighted by molar-refractivity contribution is 5.94. The molecule has 1 amide bonds. The van der Waals surface area contributed by atoms with E-state index in [0.29, 0.717) is 43.2 Å². The quantitative estimate of drug-likeness (QED) is 0.498. The fraction of sp³-hybridized carbons (Fsp3) is 0.650. The van der Waals surface area contributed by atoms with Crippen molar-refractivity contribution in [2.45, 2.75) is 58.8 Å². The van der Waals surface area contributed by atoms with Crippen molar-refractivity contribution < 1.29 is 19.4 Å². The van der Waals surface area contributed by atoms with Crippen LogP contribution in [0, 0.1) is 0 Å². The van der Waals surface area contributed by atoms with Gasteiger partial charge in [-0.25, -0.2) is 0 Å². The number of carbonyl (C=O) groups excluding carboxylic acids is 1. The molecule has 0 aliphatic carbocycles. The van der Waals surface area contributed by atoms with Crippen LogP contribution in [0.4, 0.5) is 0 Å². The van der Waals surface area contributed by atoms with Crippen molar-refractivity contribution in [1.29, 1.82) is 0 Å². The molecule has 0 aliphatic heterocycles. The van der Waals surface area contributed by atoms with Crippen molar-refractivity contribution in [3.63, 3.8) is 0 Å². The second-order valence-electron chi connectivity index (χ2n) is 6.11. The van der Waals surface area contributed by atoms with E-state index in [1.54, 1.807) is 12.1 Å². The molecule has 1 aromatic rings. The van der Waals surface area contributed by atoms with Crippen LogP contribution in [-0.4, -0.2) is 37.4 Å². The van der Waals surface area contributed by atoms with Crippen LogP contribution in [0.2, 0.25) is 0 Å². The summed E-state index contributed by atoms with van der Waals surface area (Å²) in [5, 5.41) is 11.6. The Labute approximate surface area is 151 Å². The average Bonchev–Trinajstić information content (AvgIpc) is 2.63. The maximum Gasteiger partial charge on any atom is 0.251 e. The summed E-state index contributed by atoms with van der Waals surface area (Å²) in [6.45, 7) is 6.11. The Morgan fingerprint density at radius 3 is 2.20 bits per heavy atom. The van der Waals surface area contributed by atoms with Crippen molar-refractivity contribution in [3.8, 4) is 11.5 Å². The van der Waals surface area contributed by atoms with E-state index in [2.05, 4.69) is 19.2 Å². The molecule has 0 saturated carbocycles. The molecule has 142 valence electrons. The summed E-state index contributed by atoms with van der Waals surface area (Å²) >= 11 is 0. The lowest BCUT2D eigenvalue weighted by molar-refractivity contribution is 0.0950. The van der Waals surface area contributed by atoms with E-state index in [1.165, 1.54) is 0 Å². The number of aliphatic hydroxyl groups is 1. The highest BCUT2D eigenvalue weighted by Gasteiger charge is 2.11. The van der Waals surface area contributed by atoms with Crippen LogP contribution in [-0.2, 0) is 0 Å². The van der Waals surface area contributed by atoms with Gasteiger partial charge < -0.3 is 19.9 Å². The summed E-state index contributed by atoms with van der Waals surface area (Å²) in [4.78, 5) is 12.2. The highest BCUT2D eigenvalue weighted by Crippen LogP contribution is 2.29. The van der Waals surface area contributed by atoms with Gasteiger partial charge in [-0.2, -0.15) is 0 Å². The van der Waals surface area contributed by atoms with Crippen LogP contribution in [0.15, 0.2) is 18.2 Å². The molecule has 0 bridgehead atoms. The van der Waals surface area contributed by atoms with E-state index >= 15 is 0 Å². The van der Waals surface area contributed by atoms with Gasteiger partial charge in [-0.3, -0.25) is 4.79 Å². The van der Waals surface area contributed by atoms with Crippen molar-refractivity contribution in [1.82, 2.24) is 5.32 Å². The molecule has 1 aromatic carbocycles. The minimum Gasteiger partial charge on any atom is -0.490 e. The summed E-state index contributed by atoms with van der Waals surface area (Å²) in [5.74, 6) is 1.16. The lowest BCUT2D eigenvalue weighted by Gasteiger charge is -2.14. The second-order valence-corrected chi connectivity index (χ2v) is 6.11. The third-order valence-corrected chi connectivity index (χ3v) is 3.84. The second kappa shape index (κ2) is 13.5. The first-order valence-corrected chi connectivity index (χ1v) is 9.51. The van der Waals surface area contributed by atoms with Crippen LogP contribution in [0.1, 0.15) is 69.2 Å². The number of carbonyl (C=O) groups is 1. The van der Waals surface area contributed by atoms with Crippen molar-refractivity contribution in [3.05, 3.63) is 23.8 Å². The molecule has 0 unspecified atom stereocenters. The number of benzene rings is 1. The van der Waals surface area contributed by atoms with Gasteiger partial charge in [0.15, 0.2) is 11.5 Å². The minimum absolute atomic E-state index is 0.0661. The molecule has 0 aromatic heterocycles. The Hall–Kier alpha value is -1.75. The van der Waals surface area contributed by atoms with Gasteiger partial charge in [-0.1, -0.05) is 39.5 Å². The fourth-order valence-corrected chi connectivity index (χ4v) is 2.33. The van der Waals surface area contributed by atoms with Gasteiger partial charge >= 0.3 is 0 Å². The molecular weight excluding hydrogens is 318 g/mol. The van der Waals surface area contributed by atoms with Gasteiger partial charge in [0.25, 0.3) is 5.91 Å². The van der Waals surface area contributed by atoms with Gasteiger partial charge in [-0.15, -0.1) is 0 Å². The number of amides is 1. The number of hydrogen-bond donors (Lipinski definition) is 2. The number of ether oxygens (including phenoxy) is 2. The lowest BCUT2D eigenvalue weighted by atomic mass is 10.2. The number of aliphatic hydroxyl groups excluding tert-OH is 1. The topological polar surface area (TPSA) is 67.8 Å². The zero-order chi connectivity index (χ0) is 18.3.